The normalized spacial score (nSPS) is 19.2. The van der Waals surface area contributed by atoms with Crippen LogP contribution in [0.25, 0.3) is 21.9 Å². The maximum atomic E-state index is 12.3. The molecule has 5 rings (SSSR count). The molecule has 9 nitrogen and oxygen atoms in total. The van der Waals surface area contributed by atoms with E-state index >= 15 is 0 Å². The number of para-hydroxylation sites is 1. The number of nitrogens with zero attached hydrogens (tertiary/aromatic N) is 4. The molecule has 0 spiro atoms. The topological polar surface area (TPSA) is 108 Å². The van der Waals surface area contributed by atoms with Gasteiger partial charge in [0.25, 0.3) is 0 Å². The van der Waals surface area contributed by atoms with Gasteiger partial charge in [-0.25, -0.2) is 14.8 Å². The summed E-state index contributed by atoms with van der Waals surface area (Å²) in [4.78, 5) is 23.3. The molecule has 3 aromatic rings. The zero-order valence-corrected chi connectivity index (χ0v) is 16.8. The zero-order valence-electron chi connectivity index (χ0n) is 16.8. The summed E-state index contributed by atoms with van der Waals surface area (Å²) in [5, 5.41) is 4.07. The Kier molecular flexibility index (Phi) is 5.14. The van der Waals surface area contributed by atoms with Gasteiger partial charge >= 0.3 is 6.03 Å². The molecule has 0 aliphatic carbocycles. The summed E-state index contributed by atoms with van der Waals surface area (Å²) in [6.45, 7) is 4.22. The van der Waals surface area contributed by atoms with Gasteiger partial charge in [0.05, 0.1) is 36.9 Å². The van der Waals surface area contributed by atoms with Gasteiger partial charge in [0.2, 0.25) is 0 Å². The first-order valence-electron chi connectivity index (χ1n) is 10.5. The number of pyridine rings is 1. The summed E-state index contributed by atoms with van der Waals surface area (Å²) >= 11 is 0. The lowest BCUT2D eigenvalue weighted by molar-refractivity contribution is 0.0513. The maximum absolute atomic E-state index is 12.3. The van der Waals surface area contributed by atoms with E-state index in [9.17, 15) is 4.79 Å². The van der Waals surface area contributed by atoms with Crippen LogP contribution in [-0.2, 0) is 16.1 Å². The summed E-state index contributed by atoms with van der Waals surface area (Å²) in [7, 11) is 0. The van der Waals surface area contributed by atoms with Crippen LogP contribution < -0.4 is 11.1 Å². The van der Waals surface area contributed by atoms with Crippen LogP contribution >= 0.6 is 0 Å². The number of aromatic nitrogens is 3. The highest BCUT2D eigenvalue weighted by Crippen LogP contribution is 2.34. The number of urea groups is 1. The number of anilines is 1. The predicted molar refractivity (Wildman–Crippen MR) is 113 cm³/mol. The van der Waals surface area contributed by atoms with Crippen molar-refractivity contribution in [3.63, 3.8) is 0 Å². The average Bonchev–Trinajstić information content (AvgIpc) is 3.19. The number of nitrogens with one attached hydrogen (secondary N) is 1. The molecule has 4 heterocycles. The molecular weight excluding hydrogens is 384 g/mol. The van der Waals surface area contributed by atoms with Crippen LogP contribution in [0.3, 0.4) is 0 Å². The standard InChI is InChI=1S/C21H26N6O3/c22-20-18-19(15-5-1-2-6-16(15)24-20)27-14(12-30-13-17(27)25-18)4-3-7-23-21(28)26-8-10-29-11-9-26/h1-2,5-6,14H,3-4,7-13H2,(H2,22,24)(H,23,28)/t14-/m0/s1. The second-order valence-corrected chi connectivity index (χ2v) is 7.75. The van der Waals surface area contributed by atoms with Crippen molar-refractivity contribution in [2.75, 3.05) is 45.2 Å². The van der Waals surface area contributed by atoms with Crippen molar-refractivity contribution in [3.8, 4) is 0 Å². The number of rotatable bonds is 4. The van der Waals surface area contributed by atoms with Gasteiger partial charge in [-0.1, -0.05) is 18.2 Å². The molecule has 2 aromatic heterocycles. The van der Waals surface area contributed by atoms with Gasteiger partial charge in [0, 0.05) is 25.0 Å². The average molecular weight is 410 g/mol. The third-order valence-corrected chi connectivity index (χ3v) is 5.82. The SMILES string of the molecule is Nc1nc2ccccc2c2c1nc1n2[C@@H](CCCNC(=O)N2CCOCC2)COC1. The van der Waals surface area contributed by atoms with E-state index in [4.69, 9.17) is 20.2 Å². The molecule has 1 saturated heterocycles. The molecule has 2 amide bonds. The quantitative estimate of drug-likeness (QED) is 0.638. The van der Waals surface area contributed by atoms with Crippen molar-refractivity contribution in [1.29, 1.82) is 0 Å². The molecule has 0 saturated carbocycles. The van der Waals surface area contributed by atoms with Gasteiger partial charge in [-0.2, -0.15) is 0 Å². The monoisotopic (exact) mass is 410 g/mol. The van der Waals surface area contributed by atoms with Crippen LogP contribution in [0.15, 0.2) is 24.3 Å². The molecule has 1 fully saturated rings. The molecular formula is C21H26N6O3. The molecule has 0 unspecified atom stereocenters. The van der Waals surface area contributed by atoms with E-state index < -0.39 is 0 Å². The van der Waals surface area contributed by atoms with E-state index in [1.807, 2.05) is 18.2 Å². The fourth-order valence-corrected chi connectivity index (χ4v) is 4.35. The summed E-state index contributed by atoms with van der Waals surface area (Å²) in [5.74, 6) is 1.32. The molecule has 2 aliphatic rings. The Morgan fingerprint density at radius 1 is 1.20 bits per heavy atom. The zero-order chi connectivity index (χ0) is 20.5. The highest BCUT2D eigenvalue weighted by Gasteiger charge is 2.26. The van der Waals surface area contributed by atoms with Crippen LogP contribution in [0.2, 0.25) is 0 Å². The highest BCUT2D eigenvalue weighted by molar-refractivity contribution is 6.06. The number of carbonyl (C=O) groups is 1. The summed E-state index contributed by atoms with van der Waals surface area (Å²) in [5.41, 5.74) is 8.85. The summed E-state index contributed by atoms with van der Waals surface area (Å²) < 4.78 is 13.4. The summed E-state index contributed by atoms with van der Waals surface area (Å²) in [6.07, 6.45) is 1.72. The Morgan fingerprint density at radius 3 is 2.90 bits per heavy atom. The van der Waals surface area contributed by atoms with Crippen molar-refractivity contribution in [2.24, 2.45) is 0 Å². The number of ether oxygens (including phenoxy) is 2. The van der Waals surface area contributed by atoms with Crippen LogP contribution in [0.1, 0.15) is 24.7 Å². The molecule has 1 aromatic carbocycles. The molecule has 0 radical (unpaired) electrons. The Labute approximate surface area is 174 Å². The Morgan fingerprint density at radius 2 is 2.03 bits per heavy atom. The number of nitrogens with two attached hydrogens (primary N) is 1. The number of hydrogen-bond donors (Lipinski definition) is 2. The third-order valence-electron chi connectivity index (χ3n) is 5.82. The number of carbonyl (C=O) groups excluding carboxylic acids is 1. The van der Waals surface area contributed by atoms with Crippen molar-refractivity contribution in [1.82, 2.24) is 24.8 Å². The highest BCUT2D eigenvalue weighted by atomic mass is 16.5. The number of imidazole rings is 1. The fourth-order valence-electron chi connectivity index (χ4n) is 4.35. The second kappa shape index (κ2) is 8.08. The maximum Gasteiger partial charge on any atom is 0.317 e. The van der Waals surface area contributed by atoms with Gasteiger partial charge < -0.3 is 30.0 Å². The number of fused-ring (bicyclic) bond motifs is 5. The number of benzene rings is 1. The van der Waals surface area contributed by atoms with Crippen molar-refractivity contribution in [2.45, 2.75) is 25.5 Å². The molecule has 158 valence electrons. The van der Waals surface area contributed by atoms with Crippen molar-refractivity contribution in [3.05, 3.63) is 30.1 Å². The van der Waals surface area contributed by atoms with Crippen molar-refractivity contribution >= 4 is 33.8 Å². The van der Waals surface area contributed by atoms with E-state index in [1.54, 1.807) is 4.90 Å². The predicted octanol–water partition coefficient (Wildman–Crippen LogP) is 2.06. The lowest BCUT2D eigenvalue weighted by Crippen LogP contribution is -2.46. The molecule has 2 aliphatic heterocycles. The van der Waals surface area contributed by atoms with E-state index in [0.29, 0.717) is 51.9 Å². The van der Waals surface area contributed by atoms with Crippen LogP contribution in [0.4, 0.5) is 10.6 Å². The van der Waals surface area contributed by atoms with E-state index in [-0.39, 0.29) is 12.1 Å². The Balaban J connectivity index is 1.33. The Hall–Kier alpha value is -2.91. The van der Waals surface area contributed by atoms with Crippen LogP contribution in [-0.4, -0.2) is 64.9 Å². The number of morpholine rings is 1. The number of hydrogen-bond acceptors (Lipinski definition) is 6. The first-order valence-corrected chi connectivity index (χ1v) is 10.5. The fraction of sp³-hybridized carbons (Fsp3) is 0.476. The van der Waals surface area contributed by atoms with Gasteiger partial charge in [-0.3, -0.25) is 0 Å². The first-order chi connectivity index (χ1) is 14.7. The molecule has 1 atom stereocenters. The molecule has 9 heteroatoms. The Bertz CT molecular complexity index is 1080. The van der Waals surface area contributed by atoms with E-state index in [0.717, 1.165) is 40.6 Å². The van der Waals surface area contributed by atoms with Gasteiger partial charge in [0.15, 0.2) is 5.82 Å². The minimum Gasteiger partial charge on any atom is -0.382 e. The van der Waals surface area contributed by atoms with E-state index in [1.165, 1.54) is 0 Å². The van der Waals surface area contributed by atoms with Gasteiger partial charge in [0.1, 0.15) is 17.9 Å². The molecule has 3 N–H and O–H groups in total. The largest absolute Gasteiger partial charge is 0.382 e. The van der Waals surface area contributed by atoms with Crippen LogP contribution in [0.5, 0.6) is 0 Å². The van der Waals surface area contributed by atoms with Gasteiger partial charge in [-0.05, 0) is 18.9 Å². The van der Waals surface area contributed by atoms with Gasteiger partial charge in [-0.15, -0.1) is 0 Å². The van der Waals surface area contributed by atoms with Crippen LogP contribution in [0, 0.1) is 0 Å². The van der Waals surface area contributed by atoms with E-state index in [2.05, 4.69) is 20.9 Å². The minimum atomic E-state index is -0.0168. The number of nitrogen functional groups attached to an aromatic ring is 1. The lowest BCUT2D eigenvalue weighted by Gasteiger charge is -2.28. The lowest BCUT2D eigenvalue weighted by atomic mass is 10.1. The first kappa shape index (κ1) is 19.1. The summed E-state index contributed by atoms with van der Waals surface area (Å²) in [6, 6.07) is 8.14. The van der Waals surface area contributed by atoms with Crippen molar-refractivity contribution < 1.29 is 14.3 Å². The molecule has 0 bridgehead atoms. The smallest absolute Gasteiger partial charge is 0.317 e. The third kappa shape index (κ3) is 3.44. The minimum absolute atomic E-state index is 0.0168. The number of amides is 2. The second-order valence-electron chi connectivity index (χ2n) is 7.75. The molecule has 30 heavy (non-hydrogen) atoms.